The summed E-state index contributed by atoms with van der Waals surface area (Å²) < 4.78 is 35.5. The number of anilines is 1. The molecular formula is C30H39N7O3S. The lowest BCUT2D eigenvalue weighted by atomic mass is 9.86. The Kier molecular flexibility index (Phi) is 7.37. The van der Waals surface area contributed by atoms with Crippen LogP contribution in [0.25, 0.3) is 22.4 Å². The van der Waals surface area contributed by atoms with Gasteiger partial charge in [0.05, 0.1) is 15.9 Å². The summed E-state index contributed by atoms with van der Waals surface area (Å²) in [5.41, 5.74) is 3.41. The second kappa shape index (κ2) is 10.8. The maximum Gasteiger partial charge on any atom is 0.240 e. The predicted molar refractivity (Wildman–Crippen MR) is 160 cm³/mol. The first kappa shape index (κ1) is 27.9. The first-order valence-electron chi connectivity index (χ1n) is 14.4. The van der Waals surface area contributed by atoms with Gasteiger partial charge < -0.3 is 19.2 Å². The predicted octanol–water partition coefficient (Wildman–Crippen LogP) is 4.67. The fourth-order valence-corrected chi connectivity index (χ4v) is 6.97. The highest BCUT2D eigenvalue weighted by Gasteiger charge is 2.31. The van der Waals surface area contributed by atoms with Crippen LogP contribution in [0.2, 0.25) is 0 Å². The molecule has 2 aromatic heterocycles. The molecule has 0 unspecified atom stereocenters. The van der Waals surface area contributed by atoms with E-state index in [0.29, 0.717) is 17.3 Å². The van der Waals surface area contributed by atoms with E-state index in [4.69, 9.17) is 9.40 Å². The number of sulfonamides is 1. The van der Waals surface area contributed by atoms with Crippen molar-refractivity contribution in [2.75, 3.05) is 38.1 Å². The lowest BCUT2D eigenvalue weighted by Gasteiger charge is -2.34. The third-order valence-electron chi connectivity index (χ3n) is 8.25. The van der Waals surface area contributed by atoms with Gasteiger partial charge in [-0.2, -0.15) is 0 Å². The molecule has 218 valence electrons. The van der Waals surface area contributed by atoms with E-state index in [0.717, 1.165) is 68.8 Å². The summed E-state index contributed by atoms with van der Waals surface area (Å²) >= 11 is 0. The smallest absolute Gasteiger partial charge is 0.240 e. The Morgan fingerprint density at radius 1 is 0.951 bits per heavy atom. The summed E-state index contributed by atoms with van der Waals surface area (Å²) in [6.45, 7) is 10.3. The lowest BCUT2D eigenvalue weighted by molar-refractivity contribution is 0.304. The molecule has 10 nitrogen and oxygen atoms in total. The molecule has 41 heavy (non-hydrogen) atoms. The van der Waals surface area contributed by atoms with Crippen molar-refractivity contribution in [3.8, 4) is 11.4 Å². The molecule has 1 saturated carbocycles. The Labute approximate surface area is 241 Å². The summed E-state index contributed by atoms with van der Waals surface area (Å²) in [5, 5.41) is 8.48. The third-order valence-corrected chi connectivity index (χ3v) is 9.77. The number of benzene rings is 2. The van der Waals surface area contributed by atoms with E-state index in [1.165, 1.54) is 5.69 Å². The summed E-state index contributed by atoms with van der Waals surface area (Å²) in [7, 11) is -1.53. The maximum absolute atomic E-state index is 13.3. The van der Waals surface area contributed by atoms with Gasteiger partial charge in [-0.25, -0.2) is 18.1 Å². The number of imidazole rings is 1. The van der Waals surface area contributed by atoms with Crippen LogP contribution >= 0.6 is 0 Å². The van der Waals surface area contributed by atoms with Crippen molar-refractivity contribution in [1.29, 1.82) is 0 Å². The molecular weight excluding hydrogens is 538 g/mol. The second-order valence-corrected chi connectivity index (χ2v) is 14.2. The highest BCUT2D eigenvalue weighted by atomic mass is 32.2. The third kappa shape index (κ3) is 6.02. The number of H-pyrrole nitrogens is 1. The molecule has 0 spiro atoms. The van der Waals surface area contributed by atoms with E-state index in [2.05, 4.69) is 61.0 Å². The molecule has 0 atom stereocenters. The number of rotatable bonds is 6. The minimum atomic E-state index is -3.68. The van der Waals surface area contributed by atoms with Crippen LogP contribution in [0.1, 0.15) is 64.2 Å². The number of aromatic amines is 1. The molecule has 4 aromatic rings. The first-order valence-corrected chi connectivity index (χ1v) is 15.9. The average Bonchev–Trinajstić information content (AvgIpc) is 3.62. The van der Waals surface area contributed by atoms with Gasteiger partial charge in [0.25, 0.3) is 0 Å². The minimum Gasteiger partial charge on any atom is -0.424 e. The van der Waals surface area contributed by atoms with E-state index in [-0.39, 0.29) is 22.3 Å². The van der Waals surface area contributed by atoms with Gasteiger partial charge in [-0.1, -0.05) is 20.8 Å². The van der Waals surface area contributed by atoms with Crippen molar-refractivity contribution in [2.24, 2.45) is 0 Å². The van der Waals surface area contributed by atoms with E-state index in [9.17, 15) is 8.42 Å². The fourth-order valence-electron chi connectivity index (χ4n) is 5.64. The number of likely N-dealkylation sites (N-methyl/N-ethyl adjacent to an activating group) is 1. The molecule has 3 heterocycles. The number of nitrogens with zero attached hydrogens (tertiary/aromatic N) is 5. The first-order chi connectivity index (χ1) is 19.5. The highest BCUT2D eigenvalue weighted by Crippen LogP contribution is 2.34. The standard InChI is InChI=1S/C30H39N7O3S/c1-30(2,3)29-34-33-28(40-29)21-5-9-22(10-6-21)35-41(38,39)24-13-14-25-26(19-24)32-27(31-25)20-7-11-23(12-8-20)37-17-15-36(4)16-18-37/h7-8,11-14,19,21-22,35H,5-6,9-10,15-18H2,1-4H3,(H,31,32). The van der Waals surface area contributed by atoms with Crippen LogP contribution in [0.5, 0.6) is 0 Å². The fraction of sp³-hybridized carbons (Fsp3) is 0.500. The molecule has 0 radical (unpaired) electrons. The minimum absolute atomic E-state index is 0.131. The molecule has 11 heteroatoms. The van der Waals surface area contributed by atoms with Crippen LogP contribution in [0.4, 0.5) is 5.69 Å². The summed E-state index contributed by atoms with van der Waals surface area (Å²) in [6, 6.07) is 13.3. The quantitative estimate of drug-likeness (QED) is 0.339. The van der Waals surface area contributed by atoms with E-state index in [1.807, 2.05) is 20.8 Å². The van der Waals surface area contributed by atoms with Crippen molar-refractivity contribution in [3.05, 3.63) is 54.2 Å². The van der Waals surface area contributed by atoms with Gasteiger partial charge in [0.1, 0.15) is 5.82 Å². The van der Waals surface area contributed by atoms with Crippen LogP contribution in [0, 0.1) is 0 Å². The molecule has 0 bridgehead atoms. The molecule has 1 aliphatic carbocycles. The molecule has 2 aromatic carbocycles. The van der Waals surface area contributed by atoms with Gasteiger partial charge in [-0.15, -0.1) is 10.2 Å². The van der Waals surface area contributed by atoms with Crippen molar-refractivity contribution in [1.82, 2.24) is 29.8 Å². The Balaban J connectivity index is 1.10. The van der Waals surface area contributed by atoms with Gasteiger partial charge in [0.2, 0.25) is 21.8 Å². The zero-order valence-corrected chi connectivity index (χ0v) is 25.0. The van der Waals surface area contributed by atoms with Crippen LogP contribution in [0.3, 0.4) is 0 Å². The van der Waals surface area contributed by atoms with Gasteiger partial charge in [-0.05, 0) is 75.2 Å². The zero-order valence-electron chi connectivity index (χ0n) is 24.2. The largest absolute Gasteiger partial charge is 0.424 e. The zero-order chi connectivity index (χ0) is 28.8. The molecule has 2 aliphatic rings. The van der Waals surface area contributed by atoms with Crippen molar-refractivity contribution < 1.29 is 12.8 Å². The molecule has 2 fully saturated rings. The molecule has 0 amide bonds. The molecule has 1 aliphatic heterocycles. The monoisotopic (exact) mass is 577 g/mol. The molecule has 2 N–H and O–H groups in total. The van der Waals surface area contributed by atoms with Gasteiger partial charge in [-0.3, -0.25) is 0 Å². The van der Waals surface area contributed by atoms with Crippen molar-refractivity contribution in [2.45, 2.75) is 68.7 Å². The Morgan fingerprint density at radius 3 is 2.32 bits per heavy atom. The number of nitrogens with one attached hydrogen (secondary N) is 2. The number of hydrogen-bond acceptors (Lipinski definition) is 8. The number of hydrogen-bond donors (Lipinski definition) is 2. The van der Waals surface area contributed by atoms with Crippen LogP contribution in [-0.2, 0) is 15.4 Å². The summed E-state index contributed by atoms with van der Waals surface area (Å²) in [6.07, 6.45) is 3.04. The lowest BCUT2D eigenvalue weighted by Crippen LogP contribution is -2.44. The molecule has 6 rings (SSSR count). The summed E-state index contributed by atoms with van der Waals surface area (Å²) in [5.74, 6) is 2.18. The topological polar surface area (TPSA) is 120 Å². The van der Waals surface area contributed by atoms with Crippen LogP contribution in [0.15, 0.2) is 51.8 Å². The number of aromatic nitrogens is 4. The highest BCUT2D eigenvalue weighted by molar-refractivity contribution is 7.89. The van der Waals surface area contributed by atoms with Crippen molar-refractivity contribution >= 4 is 26.7 Å². The van der Waals surface area contributed by atoms with Gasteiger partial charge >= 0.3 is 0 Å². The number of piperazine rings is 1. The number of fused-ring (bicyclic) bond motifs is 1. The summed E-state index contributed by atoms with van der Waals surface area (Å²) in [4.78, 5) is 13.0. The van der Waals surface area contributed by atoms with Crippen LogP contribution in [-0.4, -0.2) is 72.8 Å². The van der Waals surface area contributed by atoms with E-state index < -0.39 is 10.0 Å². The SMILES string of the molecule is CN1CCN(c2ccc(-c3nc4ccc(S(=O)(=O)NC5CCC(c6nnc(C(C)(C)C)o6)CC5)cc4[nH]3)cc2)CC1. The second-order valence-electron chi connectivity index (χ2n) is 12.5. The van der Waals surface area contributed by atoms with Gasteiger partial charge in [0.15, 0.2) is 0 Å². The Hall–Kier alpha value is -3.28. The van der Waals surface area contributed by atoms with Gasteiger partial charge in [0, 0.05) is 54.8 Å². The average molecular weight is 578 g/mol. The molecule has 1 saturated heterocycles. The Bertz CT molecular complexity index is 1610. The van der Waals surface area contributed by atoms with E-state index >= 15 is 0 Å². The van der Waals surface area contributed by atoms with Crippen molar-refractivity contribution in [3.63, 3.8) is 0 Å². The van der Waals surface area contributed by atoms with E-state index in [1.54, 1.807) is 18.2 Å². The normalized spacial score (nSPS) is 21.0. The maximum atomic E-state index is 13.3. The van der Waals surface area contributed by atoms with Crippen LogP contribution < -0.4 is 9.62 Å². The Morgan fingerprint density at radius 2 is 1.66 bits per heavy atom.